The van der Waals surface area contributed by atoms with Crippen LogP contribution in [0.4, 0.5) is 5.69 Å². The van der Waals surface area contributed by atoms with Crippen molar-refractivity contribution in [3.8, 4) is 0 Å². The third-order valence-corrected chi connectivity index (χ3v) is 4.47. The van der Waals surface area contributed by atoms with Crippen molar-refractivity contribution in [1.82, 2.24) is 10.2 Å². The number of hydrogen-bond acceptors (Lipinski definition) is 3. The van der Waals surface area contributed by atoms with Gasteiger partial charge in [-0.2, -0.15) is 0 Å². The third kappa shape index (κ3) is 4.45. The lowest BCUT2D eigenvalue weighted by Gasteiger charge is -2.37. The highest BCUT2D eigenvalue weighted by molar-refractivity contribution is 5.55. The molecule has 1 N–H and O–H groups in total. The minimum atomic E-state index is 0.526. The van der Waals surface area contributed by atoms with E-state index in [9.17, 15) is 0 Å². The number of hydrogen-bond donors (Lipinski definition) is 1. The summed E-state index contributed by atoms with van der Waals surface area (Å²) in [5.74, 6) is 0. The first-order valence-electron chi connectivity index (χ1n) is 8.21. The van der Waals surface area contributed by atoms with Gasteiger partial charge in [0.25, 0.3) is 0 Å². The minimum absolute atomic E-state index is 0.526. The average Bonchev–Trinajstić information content (AvgIpc) is 2.45. The van der Waals surface area contributed by atoms with Crippen LogP contribution in [0.1, 0.15) is 37.8 Å². The Morgan fingerprint density at radius 2 is 1.90 bits per heavy atom. The summed E-state index contributed by atoms with van der Waals surface area (Å²) >= 11 is 0. The van der Waals surface area contributed by atoms with E-state index in [0.717, 1.165) is 12.6 Å². The molecule has 21 heavy (non-hydrogen) atoms. The van der Waals surface area contributed by atoms with Crippen molar-refractivity contribution in [2.24, 2.45) is 0 Å². The summed E-state index contributed by atoms with van der Waals surface area (Å²) in [5, 5.41) is 3.56. The van der Waals surface area contributed by atoms with Gasteiger partial charge in [0.1, 0.15) is 0 Å². The van der Waals surface area contributed by atoms with Crippen LogP contribution in [0.15, 0.2) is 18.2 Å². The molecular weight excluding hydrogens is 258 g/mol. The summed E-state index contributed by atoms with van der Waals surface area (Å²) in [6.45, 7) is 9.89. The smallest absolute Gasteiger partial charge is 0.0412 e. The Morgan fingerprint density at radius 3 is 2.48 bits per heavy atom. The normalized spacial score (nSPS) is 17.0. The van der Waals surface area contributed by atoms with E-state index in [1.807, 2.05) is 0 Å². The molecule has 0 unspecified atom stereocenters. The van der Waals surface area contributed by atoms with Gasteiger partial charge in [-0.25, -0.2) is 0 Å². The highest BCUT2D eigenvalue weighted by Gasteiger charge is 2.22. The highest BCUT2D eigenvalue weighted by Crippen LogP contribution is 2.26. The van der Waals surface area contributed by atoms with E-state index in [1.54, 1.807) is 0 Å². The van der Waals surface area contributed by atoms with Gasteiger partial charge in [0.15, 0.2) is 0 Å². The second kappa shape index (κ2) is 7.28. The predicted octanol–water partition coefficient (Wildman–Crippen LogP) is 3.02. The molecule has 2 rings (SSSR count). The van der Waals surface area contributed by atoms with E-state index in [1.165, 1.54) is 42.7 Å². The summed E-state index contributed by atoms with van der Waals surface area (Å²) in [5.41, 5.74) is 4.21. The molecule has 1 aromatic carbocycles. The Morgan fingerprint density at radius 1 is 1.24 bits per heavy atom. The molecule has 1 fully saturated rings. The maximum Gasteiger partial charge on any atom is 0.0412 e. The molecule has 3 heteroatoms. The largest absolute Gasteiger partial charge is 0.371 e. The molecule has 0 radical (unpaired) electrons. The second-order valence-corrected chi connectivity index (χ2v) is 6.85. The number of rotatable bonds is 5. The average molecular weight is 289 g/mol. The molecule has 0 bridgehead atoms. The zero-order chi connectivity index (χ0) is 15.4. The third-order valence-electron chi connectivity index (χ3n) is 4.47. The van der Waals surface area contributed by atoms with Gasteiger partial charge < -0.3 is 15.1 Å². The van der Waals surface area contributed by atoms with E-state index in [2.05, 4.69) is 68.2 Å². The molecule has 0 amide bonds. The lowest BCUT2D eigenvalue weighted by molar-refractivity contribution is 0.249. The van der Waals surface area contributed by atoms with Crippen LogP contribution < -0.4 is 10.2 Å². The fourth-order valence-electron chi connectivity index (χ4n) is 3.10. The zero-order valence-corrected chi connectivity index (χ0v) is 14.3. The standard InChI is InChI=1S/C18H31N3/c1-14(2)19-13-16-12-15(3)6-7-18(16)21-10-8-17(9-11-21)20(4)5/h6-7,12,14,17,19H,8-11,13H2,1-5H3. The molecule has 3 nitrogen and oxygen atoms in total. The Kier molecular flexibility index (Phi) is 5.65. The number of nitrogens with one attached hydrogen (secondary N) is 1. The van der Waals surface area contributed by atoms with E-state index in [4.69, 9.17) is 0 Å². The number of benzene rings is 1. The number of nitrogens with zero attached hydrogens (tertiary/aromatic N) is 2. The number of piperidine rings is 1. The summed E-state index contributed by atoms with van der Waals surface area (Å²) in [4.78, 5) is 4.94. The maximum absolute atomic E-state index is 3.56. The molecule has 1 aromatic rings. The van der Waals surface area contributed by atoms with Crippen molar-refractivity contribution in [2.45, 2.75) is 52.2 Å². The monoisotopic (exact) mass is 289 g/mol. The minimum Gasteiger partial charge on any atom is -0.371 e. The summed E-state index contributed by atoms with van der Waals surface area (Å²) in [6.07, 6.45) is 2.52. The first kappa shape index (κ1) is 16.3. The molecule has 1 aliphatic heterocycles. The highest BCUT2D eigenvalue weighted by atomic mass is 15.2. The second-order valence-electron chi connectivity index (χ2n) is 6.85. The quantitative estimate of drug-likeness (QED) is 0.899. The van der Waals surface area contributed by atoms with E-state index in [-0.39, 0.29) is 0 Å². The van der Waals surface area contributed by atoms with Crippen LogP contribution in [0, 0.1) is 6.92 Å². The van der Waals surface area contributed by atoms with Crippen LogP contribution in [-0.4, -0.2) is 44.2 Å². The van der Waals surface area contributed by atoms with Gasteiger partial charge in [-0.1, -0.05) is 31.5 Å². The van der Waals surface area contributed by atoms with E-state index >= 15 is 0 Å². The predicted molar refractivity (Wildman–Crippen MR) is 92.1 cm³/mol. The fourth-order valence-corrected chi connectivity index (χ4v) is 3.10. The van der Waals surface area contributed by atoms with Gasteiger partial charge in [-0.05, 0) is 45.5 Å². The molecule has 0 spiro atoms. The number of anilines is 1. The van der Waals surface area contributed by atoms with Gasteiger partial charge in [0, 0.05) is 37.4 Å². The molecule has 0 atom stereocenters. The molecular formula is C18H31N3. The molecule has 118 valence electrons. The molecule has 1 heterocycles. The summed E-state index contributed by atoms with van der Waals surface area (Å²) < 4.78 is 0. The van der Waals surface area contributed by atoms with Crippen LogP contribution in [0.25, 0.3) is 0 Å². The zero-order valence-electron chi connectivity index (χ0n) is 14.3. The lowest BCUT2D eigenvalue weighted by atomic mass is 10.0. The molecule has 1 aliphatic rings. The van der Waals surface area contributed by atoms with Gasteiger partial charge in [0.2, 0.25) is 0 Å². The van der Waals surface area contributed by atoms with Gasteiger partial charge in [0.05, 0.1) is 0 Å². The lowest BCUT2D eigenvalue weighted by Crippen LogP contribution is -2.42. The van der Waals surface area contributed by atoms with Crippen LogP contribution in [0.5, 0.6) is 0 Å². The first-order chi connectivity index (χ1) is 9.97. The van der Waals surface area contributed by atoms with Crippen LogP contribution in [0.3, 0.4) is 0 Å². The van der Waals surface area contributed by atoms with Gasteiger partial charge >= 0.3 is 0 Å². The van der Waals surface area contributed by atoms with E-state index in [0.29, 0.717) is 6.04 Å². The number of aryl methyl sites for hydroxylation is 1. The van der Waals surface area contributed by atoms with Gasteiger partial charge in [-0.15, -0.1) is 0 Å². The van der Waals surface area contributed by atoms with Crippen molar-refractivity contribution in [3.05, 3.63) is 29.3 Å². The molecule has 1 saturated heterocycles. The van der Waals surface area contributed by atoms with Crippen molar-refractivity contribution in [3.63, 3.8) is 0 Å². The van der Waals surface area contributed by atoms with Crippen LogP contribution in [0.2, 0.25) is 0 Å². The van der Waals surface area contributed by atoms with E-state index < -0.39 is 0 Å². The van der Waals surface area contributed by atoms with Crippen molar-refractivity contribution in [2.75, 3.05) is 32.1 Å². The Labute approximate surface area is 130 Å². The Bertz CT molecular complexity index is 446. The van der Waals surface area contributed by atoms with Crippen molar-refractivity contribution in [1.29, 1.82) is 0 Å². The Hall–Kier alpha value is -1.06. The molecule has 0 saturated carbocycles. The maximum atomic E-state index is 3.56. The molecule has 0 aromatic heterocycles. The first-order valence-corrected chi connectivity index (χ1v) is 8.21. The fraction of sp³-hybridized carbons (Fsp3) is 0.667. The van der Waals surface area contributed by atoms with Gasteiger partial charge in [-0.3, -0.25) is 0 Å². The molecule has 0 aliphatic carbocycles. The summed E-state index contributed by atoms with van der Waals surface area (Å²) in [7, 11) is 4.40. The SMILES string of the molecule is Cc1ccc(N2CCC(N(C)C)CC2)c(CNC(C)C)c1. The van der Waals surface area contributed by atoms with Crippen molar-refractivity contribution >= 4 is 5.69 Å². The summed E-state index contributed by atoms with van der Waals surface area (Å²) in [6, 6.07) is 8.15. The van der Waals surface area contributed by atoms with Crippen molar-refractivity contribution < 1.29 is 0 Å². The topological polar surface area (TPSA) is 18.5 Å². The Balaban J connectivity index is 2.08. The van der Waals surface area contributed by atoms with Crippen LogP contribution >= 0.6 is 0 Å². The van der Waals surface area contributed by atoms with Crippen LogP contribution in [-0.2, 0) is 6.54 Å².